The van der Waals surface area contributed by atoms with Gasteiger partial charge in [0, 0.05) is 13.2 Å². The average Bonchev–Trinajstić information content (AvgIpc) is 2.74. The second-order valence-corrected chi connectivity index (χ2v) is 3.40. The van der Waals surface area contributed by atoms with E-state index in [0.717, 1.165) is 0 Å². The minimum absolute atomic E-state index is 0.211. The Morgan fingerprint density at radius 2 is 2.12 bits per heavy atom. The number of carbonyl (C=O) groups excluding carboxylic acids is 1. The summed E-state index contributed by atoms with van der Waals surface area (Å²) in [5.74, 6) is -0.814. The third kappa shape index (κ3) is 2.41. The molecule has 0 bridgehead atoms. The molecule has 17 heavy (non-hydrogen) atoms. The Labute approximate surface area is 97.2 Å². The van der Waals surface area contributed by atoms with Gasteiger partial charge in [-0.15, -0.1) is 0 Å². The van der Waals surface area contributed by atoms with Crippen LogP contribution in [0.15, 0.2) is 36.5 Å². The highest BCUT2D eigenvalue weighted by Gasteiger charge is 2.09. The molecule has 88 valence electrons. The van der Waals surface area contributed by atoms with Crippen LogP contribution in [0.25, 0.3) is 0 Å². The number of nitrogens with zero attached hydrogens (tertiary/aromatic N) is 2. The highest BCUT2D eigenvalue weighted by atomic mass is 19.1. The molecule has 2 aromatic rings. The fraction of sp³-hybridized carbons (Fsp3) is 0.0909. The fourth-order valence-electron chi connectivity index (χ4n) is 1.35. The number of para-hydroxylation sites is 1. The second-order valence-electron chi connectivity index (χ2n) is 3.40. The summed E-state index contributed by atoms with van der Waals surface area (Å²) >= 11 is 0. The van der Waals surface area contributed by atoms with E-state index in [1.54, 1.807) is 25.2 Å². The van der Waals surface area contributed by atoms with E-state index >= 15 is 0 Å². The van der Waals surface area contributed by atoms with Crippen LogP contribution in [0.5, 0.6) is 0 Å². The second kappa shape index (κ2) is 4.65. The molecule has 1 heterocycles. The SMILES string of the molecule is Cn1nccc1C(=O)NNc1ccccc1F. The number of aromatic nitrogens is 2. The monoisotopic (exact) mass is 234 g/mol. The minimum atomic E-state index is -0.433. The summed E-state index contributed by atoms with van der Waals surface area (Å²) in [4.78, 5) is 11.7. The summed E-state index contributed by atoms with van der Waals surface area (Å²) in [5, 5.41) is 3.86. The molecule has 1 aromatic heterocycles. The maximum absolute atomic E-state index is 13.2. The average molecular weight is 234 g/mol. The van der Waals surface area contributed by atoms with Crippen LogP contribution in [0.4, 0.5) is 10.1 Å². The Morgan fingerprint density at radius 3 is 2.76 bits per heavy atom. The lowest BCUT2D eigenvalue weighted by Gasteiger charge is -2.08. The summed E-state index contributed by atoms with van der Waals surface area (Å²) in [7, 11) is 1.65. The van der Waals surface area contributed by atoms with E-state index in [1.807, 2.05) is 0 Å². The third-order valence-corrected chi connectivity index (χ3v) is 2.24. The molecule has 0 fully saturated rings. The molecular weight excluding hydrogens is 223 g/mol. The first-order chi connectivity index (χ1) is 8.18. The molecule has 6 heteroatoms. The van der Waals surface area contributed by atoms with Crippen LogP contribution < -0.4 is 10.9 Å². The van der Waals surface area contributed by atoms with Gasteiger partial charge in [-0.05, 0) is 18.2 Å². The molecule has 5 nitrogen and oxygen atoms in total. The van der Waals surface area contributed by atoms with Gasteiger partial charge in [0.2, 0.25) is 0 Å². The van der Waals surface area contributed by atoms with Crippen LogP contribution in [-0.4, -0.2) is 15.7 Å². The first-order valence-corrected chi connectivity index (χ1v) is 4.97. The van der Waals surface area contributed by atoms with E-state index in [9.17, 15) is 9.18 Å². The molecule has 1 aromatic carbocycles. The number of aryl methyl sites for hydroxylation is 1. The lowest BCUT2D eigenvalue weighted by Crippen LogP contribution is -2.31. The summed E-state index contributed by atoms with van der Waals surface area (Å²) in [6, 6.07) is 7.64. The minimum Gasteiger partial charge on any atom is -0.295 e. The highest BCUT2D eigenvalue weighted by molar-refractivity contribution is 5.93. The van der Waals surface area contributed by atoms with Crippen LogP contribution in [0.3, 0.4) is 0 Å². The van der Waals surface area contributed by atoms with Gasteiger partial charge in [0.1, 0.15) is 11.5 Å². The topological polar surface area (TPSA) is 59.0 Å². The molecule has 0 radical (unpaired) electrons. The van der Waals surface area contributed by atoms with Crippen molar-refractivity contribution >= 4 is 11.6 Å². The van der Waals surface area contributed by atoms with Crippen molar-refractivity contribution in [3.8, 4) is 0 Å². The van der Waals surface area contributed by atoms with Crippen molar-refractivity contribution in [2.45, 2.75) is 0 Å². The predicted molar refractivity (Wildman–Crippen MR) is 60.7 cm³/mol. The van der Waals surface area contributed by atoms with Crippen LogP contribution in [0.1, 0.15) is 10.5 Å². The largest absolute Gasteiger partial charge is 0.295 e. The molecule has 0 atom stereocenters. The Bertz CT molecular complexity index is 538. The molecule has 2 N–H and O–H groups in total. The standard InChI is InChI=1S/C11H11FN4O/c1-16-10(6-7-13-16)11(17)15-14-9-5-3-2-4-8(9)12/h2-7,14H,1H3,(H,15,17). The van der Waals surface area contributed by atoms with Crippen molar-refractivity contribution in [3.63, 3.8) is 0 Å². The lowest BCUT2D eigenvalue weighted by molar-refractivity contribution is 0.0953. The summed E-state index contributed by atoms with van der Waals surface area (Å²) in [6.45, 7) is 0. The molecule has 2 rings (SSSR count). The van der Waals surface area contributed by atoms with Crippen molar-refractivity contribution in [2.75, 3.05) is 5.43 Å². The van der Waals surface area contributed by atoms with Crippen molar-refractivity contribution in [3.05, 3.63) is 48.0 Å². The maximum atomic E-state index is 13.2. The molecular formula is C11H11FN4O. The lowest BCUT2D eigenvalue weighted by atomic mass is 10.3. The smallest absolute Gasteiger partial charge is 0.287 e. The molecule has 0 saturated heterocycles. The quantitative estimate of drug-likeness (QED) is 0.787. The summed E-state index contributed by atoms with van der Waals surface area (Å²) in [6.07, 6.45) is 1.51. The summed E-state index contributed by atoms with van der Waals surface area (Å²) < 4.78 is 14.7. The third-order valence-electron chi connectivity index (χ3n) is 2.24. The number of halogens is 1. The van der Waals surface area contributed by atoms with E-state index in [-0.39, 0.29) is 11.6 Å². The maximum Gasteiger partial charge on any atom is 0.287 e. The number of hydrogen-bond acceptors (Lipinski definition) is 3. The van der Waals surface area contributed by atoms with Gasteiger partial charge in [0.05, 0.1) is 5.69 Å². The fourth-order valence-corrected chi connectivity index (χ4v) is 1.35. The molecule has 0 saturated carbocycles. The number of benzene rings is 1. The summed E-state index contributed by atoms with van der Waals surface area (Å²) in [5.41, 5.74) is 5.50. The first kappa shape index (κ1) is 11.1. The van der Waals surface area contributed by atoms with Crippen LogP contribution in [0.2, 0.25) is 0 Å². The van der Waals surface area contributed by atoms with Gasteiger partial charge in [-0.3, -0.25) is 20.3 Å². The zero-order chi connectivity index (χ0) is 12.3. The van der Waals surface area contributed by atoms with Crippen LogP contribution >= 0.6 is 0 Å². The van der Waals surface area contributed by atoms with E-state index in [0.29, 0.717) is 5.69 Å². The predicted octanol–water partition coefficient (Wildman–Crippen LogP) is 1.32. The van der Waals surface area contributed by atoms with Gasteiger partial charge in [-0.1, -0.05) is 12.1 Å². The number of rotatable bonds is 3. The number of nitrogens with one attached hydrogen (secondary N) is 2. The van der Waals surface area contributed by atoms with Gasteiger partial charge in [-0.2, -0.15) is 5.10 Å². The molecule has 1 amide bonds. The zero-order valence-electron chi connectivity index (χ0n) is 9.14. The number of anilines is 1. The van der Waals surface area contributed by atoms with Gasteiger partial charge in [-0.25, -0.2) is 4.39 Å². The van der Waals surface area contributed by atoms with Gasteiger partial charge in [0.25, 0.3) is 5.91 Å². The van der Waals surface area contributed by atoms with Gasteiger partial charge < -0.3 is 0 Å². The molecule has 0 unspecified atom stereocenters. The first-order valence-electron chi connectivity index (χ1n) is 4.97. The Balaban J connectivity index is 2.02. The number of amides is 1. The van der Waals surface area contributed by atoms with Crippen molar-refractivity contribution in [1.29, 1.82) is 0 Å². The molecule has 0 aliphatic heterocycles. The Kier molecular flexibility index (Phi) is 3.04. The Hall–Kier alpha value is -2.37. The number of carbonyl (C=O) groups is 1. The van der Waals surface area contributed by atoms with E-state index in [2.05, 4.69) is 16.0 Å². The van der Waals surface area contributed by atoms with E-state index < -0.39 is 5.82 Å². The van der Waals surface area contributed by atoms with Gasteiger partial charge >= 0.3 is 0 Å². The van der Waals surface area contributed by atoms with Crippen LogP contribution in [-0.2, 0) is 7.05 Å². The van der Waals surface area contributed by atoms with Crippen molar-refractivity contribution in [2.24, 2.45) is 7.05 Å². The number of hydrazine groups is 1. The highest BCUT2D eigenvalue weighted by Crippen LogP contribution is 2.10. The normalized spacial score (nSPS) is 10.0. The molecule has 0 aliphatic carbocycles. The molecule has 0 spiro atoms. The van der Waals surface area contributed by atoms with Crippen molar-refractivity contribution in [1.82, 2.24) is 15.2 Å². The van der Waals surface area contributed by atoms with Gasteiger partial charge in [0.15, 0.2) is 0 Å². The van der Waals surface area contributed by atoms with E-state index in [1.165, 1.54) is 23.0 Å². The molecule has 0 aliphatic rings. The number of hydrogen-bond donors (Lipinski definition) is 2. The van der Waals surface area contributed by atoms with Crippen LogP contribution in [0, 0.1) is 5.82 Å². The Morgan fingerprint density at radius 1 is 1.35 bits per heavy atom. The zero-order valence-corrected chi connectivity index (χ0v) is 9.14. The van der Waals surface area contributed by atoms with E-state index in [4.69, 9.17) is 0 Å². The van der Waals surface area contributed by atoms with Crippen molar-refractivity contribution < 1.29 is 9.18 Å².